The van der Waals surface area contributed by atoms with Crippen LogP contribution < -0.4 is 5.73 Å². The van der Waals surface area contributed by atoms with Crippen molar-refractivity contribution in [1.82, 2.24) is 19.5 Å². The summed E-state index contributed by atoms with van der Waals surface area (Å²) in [7, 11) is -4.07. The topological polar surface area (TPSA) is 105 Å². The molecule has 3 aromatic rings. The van der Waals surface area contributed by atoms with E-state index in [-0.39, 0.29) is 21.9 Å². The first kappa shape index (κ1) is 29.2. The van der Waals surface area contributed by atoms with Crippen molar-refractivity contribution in [3.05, 3.63) is 48.3 Å². The van der Waals surface area contributed by atoms with Crippen LogP contribution >= 0.6 is 0 Å². The molecule has 3 aromatic heterocycles. The summed E-state index contributed by atoms with van der Waals surface area (Å²) in [5.41, 5.74) is 7.95. The number of rotatable bonds is 9. The first-order valence-electron chi connectivity index (χ1n) is 12.8. The molecule has 0 aliphatic carbocycles. The summed E-state index contributed by atoms with van der Waals surface area (Å²) >= 11 is 0. The number of nitrogens with two attached hydrogens (primary N) is 1. The standard InChI is InChI=1S/C27H43N5O3Si2/c1-26(2,3)36(7,8)34-16-21(17-35-37(9,10)27(4,5)6)32-15-23(22-14-30-18-31-25(22)32)24(33)19-11-20(28)13-29-12-19/h11-15,18,21H,16-17,28H2,1-10H3. The van der Waals surface area contributed by atoms with Crippen LogP contribution in [-0.4, -0.2) is 55.2 Å². The summed E-state index contributed by atoms with van der Waals surface area (Å²) in [6.45, 7) is 23.3. The minimum Gasteiger partial charge on any atom is -0.415 e. The van der Waals surface area contributed by atoms with E-state index in [4.69, 9.17) is 14.6 Å². The SMILES string of the molecule is CC(C)(C)[Si](C)(C)OCC(CO[Si](C)(C)C(C)(C)C)n1cc(C(=O)c2cncc(N)c2)c2cncnc21. The van der Waals surface area contributed by atoms with Crippen LogP contribution in [0, 0.1) is 0 Å². The van der Waals surface area contributed by atoms with E-state index in [9.17, 15) is 4.79 Å². The van der Waals surface area contributed by atoms with Gasteiger partial charge < -0.3 is 19.2 Å². The van der Waals surface area contributed by atoms with Crippen LogP contribution in [0.25, 0.3) is 11.0 Å². The number of aromatic nitrogens is 4. The Labute approximate surface area is 223 Å². The zero-order valence-electron chi connectivity index (χ0n) is 24.0. The molecule has 3 rings (SSSR count). The molecule has 0 atom stereocenters. The molecule has 0 radical (unpaired) electrons. The average Bonchev–Trinajstić information content (AvgIpc) is 3.16. The first-order chi connectivity index (χ1) is 16.9. The number of ketones is 1. The Morgan fingerprint density at radius 2 is 1.51 bits per heavy atom. The van der Waals surface area contributed by atoms with Crippen molar-refractivity contribution >= 4 is 39.1 Å². The fraction of sp³-hybridized carbons (Fsp3) is 0.556. The molecule has 0 spiro atoms. The van der Waals surface area contributed by atoms with E-state index >= 15 is 0 Å². The molecule has 202 valence electrons. The highest BCUT2D eigenvalue weighted by Gasteiger charge is 2.40. The van der Waals surface area contributed by atoms with E-state index in [1.165, 1.54) is 18.7 Å². The minimum atomic E-state index is -2.03. The summed E-state index contributed by atoms with van der Waals surface area (Å²) < 4.78 is 15.4. The van der Waals surface area contributed by atoms with E-state index in [1.807, 2.05) is 10.8 Å². The zero-order valence-corrected chi connectivity index (χ0v) is 26.0. The number of nitrogen functional groups attached to an aromatic ring is 1. The normalized spacial score (nSPS) is 13.5. The Morgan fingerprint density at radius 1 is 0.946 bits per heavy atom. The Bertz CT molecular complexity index is 1230. The second kappa shape index (κ2) is 10.4. The molecule has 10 heteroatoms. The van der Waals surface area contributed by atoms with Gasteiger partial charge in [0.1, 0.15) is 12.0 Å². The maximum atomic E-state index is 13.5. The van der Waals surface area contributed by atoms with E-state index in [1.54, 1.807) is 12.3 Å². The Morgan fingerprint density at radius 3 is 2.03 bits per heavy atom. The smallest absolute Gasteiger partial charge is 0.196 e. The summed E-state index contributed by atoms with van der Waals surface area (Å²) in [6.07, 6.45) is 8.11. The average molecular weight is 542 g/mol. The molecular weight excluding hydrogens is 499 g/mol. The predicted octanol–water partition coefficient (Wildman–Crippen LogP) is 6.22. The molecule has 0 bridgehead atoms. The van der Waals surface area contributed by atoms with Crippen LogP contribution in [0.1, 0.15) is 63.5 Å². The van der Waals surface area contributed by atoms with Crippen molar-refractivity contribution in [3.63, 3.8) is 0 Å². The number of anilines is 1. The van der Waals surface area contributed by atoms with Gasteiger partial charge in [-0.05, 0) is 42.3 Å². The van der Waals surface area contributed by atoms with E-state index < -0.39 is 16.6 Å². The molecule has 3 heterocycles. The van der Waals surface area contributed by atoms with Crippen LogP contribution in [-0.2, 0) is 8.85 Å². The Balaban J connectivity index is 2.06. The maximum Gasteiger partial charge on any atom is 0.196 e. The molecule has 0 aliphatic heterocycles. The molecule has 0 fully saturated rings. The van der Waals surface area contributed by atoms with Crippen molar-refractivity contribution in [1.29, 1.82) is 0 Å². The number of hydrogen-bond acceptors (Lipinski definition) is 7. The molecule has 2 N–H and O–H groups in total. The largest absolute Gasteiger partial charge is 0.415 e. The number of pyridine rings is 1. The minimum absolute atomic E-state index is 0.0696. The molecule has 0 unspecified atom stereocenters. The second-order valence-electron chi connectivity index (χ2n) is 12.8. The number of carbonyl (C=O) groups is 1. The van der Waals surface area contributed by atoms with Gasteiger partial charge in [-0.3, -0.25) is 9.78 Å². The van der Waals surface area contributed by atoms with Crippen LogP contribution in [0.3, 0.4) is 0 Å². The van der Waals surface area contributed by atoms with Gasteiger partial charge >= 0.3 is 0 Å². The van der Waals surface area contributed by atoms with Gasteiger partial charge in [0.25, 0.3) is 0 Å². The number of nitrogens with zero attached hydrogens (tertiary/aromatic N) is 4. The lowest BCUT2D eigenvalue weighted by Crippen LogP contribution is -2.44. The van der Waals surface area contributed by atoms with Crippen molar-refractivity contribution in [2.75, 3.05) is 18.9 Å². The van der Waals surface area contributed by atoms with Crippen molar-refractivity contribution in [2.45, 2.75) is 83.8 Å². The van der Waals surface area contributed by atoms with Gasteiger partial charge in [-0.1, -0.05) is 41.5 Å². The lowest BCUT2D eigenvalue weighted by Gasteiger charge is -2.39. The number of fused-ring (bicyclic) bond motifs is 1. The van der Waals surface area contributed by atoms with Crippen LogP contribution in [0.2, 0.25) is 36.3 Å². The molecule has 0 aromatic carbocycles. The monoisotopic (exact) mass is 541 g/mol. The third kappa shape index (κ3) is 6.36. The van der Waals surface area contributed by atoms with Gasteiger partial charge in [0, 0.05) is 35.7 Å². The fourth-order valence-electron chi connectivity index (χ4n) is 3.44. The van der Waals surface area contributed by atoms with Gasteiger partial charge in [-0.2, -0.15) is 0 Å². The highest BCUT2D eigenvalue weighted by atomic mass is 28.4. The number of hydrogen-bond donors (Lipinski definition) is 1. The molecule has 8 nitrogen and oxygen atoms in total. The summed E-state index contributed by atoms with van der Waals surface area (Å²) in [6, 6.07) is 1.47. The van der Waals surface area contributed by atoms with Crippen LogP contribution in [0.15, 0.2) is 37.2 Å². The van der Waals surface area contributed by atoms with Gasteiger partial charge in [0.2, 0.25) is 0 Å². The van der Waals surface area contributed by atoms with E-state index in [0.29, 0.717) is 41.1 Å². The van der Waals surface area contributed by atoms with Gasteiger partial charge in [0.05, 0.1) is 30.5 Å². The molecule has 0 saturated heterocycles. The van der Waals surface area contributed by atoms with E-state index in [0.717, 1.165) is 0 Å². The molecule has 0 saturated carbocycles. The van der Waals surface area contributed by atoms with Crippen LogP contribution in [0.4, 0.5) is 5.69 Å². The Kier molecular flexibility index (Phi) is 8.19. The maximum absolute atomic E-state index is 13.5. The molecule has 0 amide bonds. The zero-order chi connectivity index (χ0) is 27.8. The molecule has 0 aliphatic rings. The highest BCUT2D eigenvalue weighted by Crippen LogP contribution is 2.39. The van der Waals surface area contributed by atoms with Crippen LogP contribution in [0.5, 0.6) is 0 Å². The quantitative estimate of drug-likeness (QED) is 0.253. The molecular formula is C27H43N5O3Si2. The van der Waals surface area contributed by atoms with Crippen molar-refractivity contribution < 1.29 is 13.6 Å². The van der Waals surface area contributed by atoms with E-state index in [2.05, 4.69) is 82.7 Å². The van der Waals surface area contributed by atoms with Crippen molar-refractivity contribution in [2.24, 2.45) is 0 Å². The fourth-order valence-corrected chi connectivity index (χ4v) is 5.52. The van der Waals surface area contributed by atoms with Gasteiger partial charge in [0.15, 0.2) is 22.4 Å². The van der Waals surface area contributed by atoms with Gasteiger partial charge in [-0.25, -0.2) is 9.97 Å². The lowest BCUT2D eigenvalue weighted by atomic mass is 10.1. The first-order valence-corrected chi connectivity index (χ1v) is 18.6. The highest BCUT2D eigenvalue weighted by molar-refractivity contribution is 6.74. The molecule has 37 heavy (non-hydrogen) atoms. The van der Waals surface area contributed by atoms with Crippen molar-refractivity contribution in [3.8, 4) is 0 Å². The Hall–Kier alpha value is -2.41. The summed E-state index contributed by atoms with van der Waals surface area (Å²) in [5.74, 6) is -0.173. The lowest BCUT2D eigenvalue weighted by molar-refractivity contribution is 0.103. The third-order valence-electron chi connectivity index (χ3n) is 8.04. The summed E-state index contributed by atoms with van der Waals surface area (Å²) in [5, 5.41) is 0.819. The summed E-state index contributed by atoms with van der Waals surface area (Å²) in [4.78, 5) is 26.4. The number of carbonyl (C=O) groups excluding carboxylic acids is 1. The third-order valence-corrected chi connectivity index (χ3v) is 17.0. The second-order valence-corrected chi connectivity index (χ2v) is 22.5. The van der Waals surface area contributed by atoms with Gasteiger partial charge in [-0.15, -0.1) is 0 Å². The predicted molar refractivity (Wildman–Crippen MR) is 155 cm³/mol.